The molecular formula is C23H23ClN2O3S. The van der Waals surface area contributed by atoms with Gasteiger partial charge >= 0.3 is 0 Å². The molecule has 30 heavy (non-hydrogen) atoms. The van der Waals surface area contributed by atoms with E-state index in [0.717, 1.165) is 16.7 Å². The molecule has 3 rings (SSSR count). The number of carbonyl (C=O) groups is 1. The highest BCUT2D eigenvalue weighted by Crippen LogP contribution is 2.25. The molecule has 7 heteroatoms. The lowest BCUT2D eigenvalue weighted by molar-refractivity contribution is 0.102. The van der Waals surface area contributed by atoms with Gasteiger partial charge in [-0.25, -0.2) is 8.42 Å². The quantitative estimate of drug-likeness (QED) is 0.537. The average molecular weight is 443 g/mol. The monoisotopic (exact) mass is 442 g/mol. The van der Waals surface area contributed by atoms with Crippen molar-refractivity contribution in [3.63, 3.8) is 0 Å². The van der Waals surface area contributed by atoms with Crippen molar-refractivity contribution in [2.45, 2.75) is 32.6 Å². The van der Waals surface area contributed by atoms with E-state index >= 15 is 0 Å². The van der Waals surface area contributed by atoms with Crippen LogP contribution in [0.5, 0.6) is 0 Å². The van der Waals surface area contributed by atoms with E-state index in [2.05, 4.69) is 10.0 Å². The second-order valence-electron chi connectivity index (χ2n) is 7.32. The van der Waals surface area contributed by atoms with Crippen molar-refractivity contribution < 1.29 is 13.2 Å². The molecule has 0 bridgehead atoms. The molecule has 0 fully saturated rings. The predicted octanol–water partition coefficient (Wildman–Crippen LogP) is 5.63. The first-order chi connectivity index (χ1) is 14.1. The smallest absolute Gasteiger partial charge is 0.262 e. The standard InChI is InChI=1S/C23H23ClN2O3S/c1-14-5-9-21(16(3)11-14)26-30(28,29)22-13-18(7-6-15(22)2)23(27)25-20-10-8-19(24)12-17(20)4/h5-13,26H,1-4H3,(H,25,27). The van der Waals surface area contributed by atoms with Gasteiger partial charge in [-0.15, -0.1) is 0 Å². The van der Waals surface area contributed by atoms with Crippen LogP contribution in [0.1, 0.15) is 32.6 Å². The van der Waals surface area contributed by atoms with Gasteiger partial charge in [-0.3, -0.25) is 9.52 Å². The van der Waals surface area contributed by atoms with Gasteiger partial charge in [-0.05, 0) is 80.8 Å². The van der Waals surface area contributed by atoms with E-state index < -0.39 is 15.9 Å². The molecule has 0 aliphatic carbocycles. The van der Waals surface area contributed by atoms with E-state index in [4.69, 9.17) is 11.6 Å². The van der Waals surface area contributed by atoms with Crippen LogP contribution in [0.25, 0.3) is 0 Å². The van der Waals surface area contributed by atoms with Crippen LogP contribution in [0, 0.1) is 27.7 Å². The van der Waals surface area contributed by atoms with Crippen LogP contribution in [0.2, 0.25) is 5.02 Å². The molecule has 5 nitrogen and oxygen atoms in total. The fourth-order valence-corrected chi connectivity index (χ4v) is 4.75. The second kappa shape index (κ2) is 8.50. The SMILES string of the molecule is Cc1ccc(NS(=O)(=O)c2cc(C(=O)Nc3ccc(Cl)cc3C)ccc2C)c(C)c1. The topological polar surface area (TPSA) is 75.3 Å². The Hall–Kier alpha value is -2.83. The third kappa shape index (κ3) is 4.83. The summed E-state index contributed by atoms with van der Waals surface area (Å²) in [6.07, 6.45) is 0. The molecule has 0 aliphatic rings. The van der Waals surface area contributed by atoms with Crippen molar-refractivity contribution in [2.24, 2.45) is 0 Å². The number of hydrogen-bond acceptors (Lipinski definition) is 3. The van der Waals surface area contributed by atoms with Crippen LogP contribution in [0.4, 0.5) is 11.4 Å². The molecule has 0 spiro atoms. The van der Waals surface area contributed by atoms with Gasteiger partial charge in [0.2, 0.25) is 0 Å². The first-order valence-corrected chi connectivity index (χ1v) is 11.2. The summed E-state index contributed by atoms with van der Waals surface area (Å²) >= 11 is 5.96. The lowest BCUT2D eigenvalue weighted by Crippen LogP contribution is -2.18. The van der Waals surface area contributed by atoms with Gasteiger partial charge in [-0.1, -0.05) is 35.4 Å². The molecule has 1 amide bonds. The van der Waals surface area contributed by atoms with E-state index in [1.54, 1.807) is 43.3 Å². The van der Waals surface area contributed by atoms with Crippen LogP contribution in [0.15, 0.2) is 59.5 Å². The van der Waals surface area contributed by atoms with E-state index in [1.165, 1.54) is 6.07 Å². The maximum Gasteiger partial charge on any atom is 0.262 e. The predicted molar refractivity (Wildman–Crippen MR) is 122 cm³/mol. The zero-order valence-corrected chi connectivity index (χ0v) is 18.8. The molecule has 0 unspecified atom stereocenters. The summed E-state index contributed by atoms with van der Waals surface area (Å²) in [5.41, 5.74) is 4.59. The molecule has 0 aliphatic heterocycles. The summed E-state index contributed by atoms with van der Waals surface area (Å²) in [5, 5.41) is 3.38. The number of anilines is 2. The summed E-state index contributed by atoms with van der Waals surface area (Å²) in [5.74, 6) is -0.400. The first kappa shape index (κ1) is 21.9. The number of sulfonamides is 1. The number of amides is 1. The Kier molecular flexibility index (Phi) is 6.19. The normalized spacial score (nSPS) is 11.2. The molecule has 0 atom stereocenters. The highest BCUT2D eigenvalue weighted by atomic mass is 35.5. The van der Waals surface area contributed by atoms with E-state index in [1.807, 2.05) is 32.9 Å². The van der Waals surface area contributed by atoms with Gasteiger partial charge < -0.3 is 5.32 Å². The fourth-order valence-electron chi connectivity index (χ4n) is 3.12. The Bertz CT molecular complexity index is 1240. The lowest BCUT2D eigenvalue weighted by Gasteiger charge is -2.14. The second-order valence-corrected chi connectivity index (χ2v) is 9.40. The molecule has 0 saturated carbocycles. The Balaban J connectivity index is 1.91. The van der Waals surface area contributed by atoms with E-state index in [0.29, 0.717) is 22.0 Å². The Labute approximate surface area is 182 Å². The van der Waals surface area contributed by atoms with Crippen LogP contribution in [-0.4, -0.2) is 14.3 Å². The minimum Gasteiger partial charge on any atom is -0.322 e. The third-order valence-electron chi connectivity index (χ3n) is 4.80. The summed E-state index contributed by atoms with van der Waals surface area (Å²) < 4.78 is 28.7. The lowest BCUT2D eigenvalue weighted by atomic mass is 10.1. The van der Waals surface area contributed by atoms with Crippen molar-refractivity contribution in [3.8, 4) is 0 Å². The maximum absolute atomic E-state index is 13.0. The van der Waals surface area contributed by atoms with Gasteiger partial charge in [0.25, 0.3) is 15.9 Å². The van der Waals surface area contributed by atoms with Crippen molar-refractivity contribution >= 4 is 38.9 Å². The van der Waals surface area contributed by atoms with Crippen LogP contribution >= 0.6 is 11.6 Å². The van der Waals surface area contributed by atoms with Crippen LogP contribution in [0.3, 0.4) is 0 Å². The molecule has 3 aromatic carbocycles. The number of benzene rings is 3. The van der Waals surface area contributed by atoms with Gasteiger partial charge in [-0.2, -0.15) is 0 Å². The molecule has 2 N–H and O–H groups in total. The number of halogens is 1. The highest BCUT2D eigenvalue weighted by molar-refractivity contribution is 7.92. The van der Waals surface area contributed by atoms with Crippen LogP contribution in [-0.2, 0) is 10.0 Å². The molecule has 3 aromatic rings. The van der Waals surface area contributed by atoms with Gasteiger partial charge in [0.15, 0.2) is 0 Å². The van der Waals surface area contributed by atoms with Gasteiger partial charge in [0.05, 0.1) is 10.6 Å². The van der Waals surface area contributed by atoms with Gasteiger partial charge in [0, 0.05) is 16.3 Å². The number of nitrogens with one attached hydrogen (secondary N) is 2. The summed E-state index contributed by atoms with van der Waals surface area (Å²) in [4.78, 5) is 12.8. The minimum absolute atomic E-state index is 0.0583. The highest BCUT2D eigenvalue weighted by Gasteiger charge is 2.20. The molecule has 156 valence electrons. The summed E-state index contributed by atoms with van der Waals surface area (Å²) in [7, 11) is -3.87. The molecule has 0 saturated heterocycles. The number of rotatable bonds is 5. The van der Waals surface area contributed by atoms with Crippen molar-refractivity contribution in [2.75, 3.05) is 10.0 Å². The zero-order valence-electron chi connectivity index (χ0n) is 17.2. The maximum atomic E-state index is 13.0. The fraction of sp³-hybridized carbons (Fsp3) is 0.174. The summed E-state index contributed by atoms with van der Waals surface area (Å²) in [6.45, 7) is 7.32. The zero-order chi connectivity index (χ0) is 22.1. The van der Waals surface area contributed by atoms with Crippen molar-refractivity contribution in [1.29, 1.82) is 0 Å². The minimum atomic E-state index is -3.87. The molecular weight excluding hydrogens is 420 g/mol. The molecule has 0 heterocycles. The first-order valence-electron chi connectivity index (χ1n) is 9.35. The van der Waals surface area contributed by atoms with Crippen molar-refractivity contribution in [1.82, 2.24) is 0 Å². The van der Waals surface area contributed by atoms with E-state index in [-0.39, 0.29) is 10.5 Å². The number of carbonyl (C=O) groups excluding carboxylic acids is 1. The third-order valence-corrected chi connectivity index (χ3v) is 6.55. The molecule has 0 radical (unpaired) electrons. The summed E-state index contributed by atoms with van der Waals surface area (Å²) in [6, 6.07) is 15.2. The Morgan fingerprint density at radius 1 is 0.800 bits per heavy atom. The number of aryl methyl sites for hydroxylation is 4. The molecule has 0 aromatic heterocycles. The number of hydrogen-bond donors (Lipinski definition) is 2. The van der Waals surface area contributed by atoms with Crippen molar-refractivity contribution in [3.05, 3.63) is 87.4 Å². The largest absolute Gasteiger partial charge is 0.322 e. The van der Waals surface area contributed by atoms with Crippen LogP contribution < -0.4 is 10.0 Å². The van der Waals surface area contributed by atoms with E-state index in [9.17, 15) is 13.2 Å². The average Bonchev–Trinajstić information content (AvgIpc) is 2.66. The Morgan fingerprint density at radius 2 is 1.47 bits per heavy atom. The Morgan fingerprint density at radius 3 is 2.13 bits per heavy atom. The van der Waals surface area contributed by atoms with Gasteiger partial charge in [0.1, 0.15) is 0 Å².